The average Bonchev–Trinajstić information content (AvgIpc) is 3.74. The van der Waals surface area contributed by atoms with E-state index in [9.17, 15) is 0 Å². The largest absolute Gasteiger partial charge is 0.308 e. The highest BCUT2D eigenvalue weighted by Crippen LogP contribution is 2.51. The van der Waals surface area contributed by atoms with Gasteiger partial charge in [-0.1, -0.05) is 129 Å². The highest BCUT2D eigenvalue weighted by molar-refractivity contribution is 7.26. The molecule has 0 bridgehead atoms. The SMILES string of the molecule is CC1(C)c2ccccc2-c2c(-c3ccc(-n4c5ccccc5c5ccc6c7ccccc7sc6c54)cc3)nc(-c3ccccc3)nc21. The summed E-state index contributed by atoms with van der Waals surface area (Å²) in [6, 6.07) is 50.2. The van der Waals surface area contributed by atoms with Crippen LogP contribution in [0.5, 0.6) is 0 Å². The number of nitrogens with zero attached hydrogens (tertiary/aromatic N) is 3. The van der Waals surface area contributed by atoms with E-state index in [-0.39, 0.29) is 5.41 Å². The van der Waals surface area contributed by atoms with Gasteiger partial charge >= 0.3 is 0 Å². The maximum absolute atomic E-state index is 5.29. The Morgan fingerprint density at radius 1 is 0.574 bits per heavy atom. The van der Waals surface area contributed by atoms with Crippen LogP contribution in [0.2, 0.25) is 0 Å². The lowest BCUT2D eigenvalue weighted by atomic mass is 9.85. The zero-order valence-corrected chi connectivity index (χ0v) is 26.8. The number of hydrogen-bond acceptors (Lipinski definition) is 3. The lowest BCUT2D eigenvalue weighted by molar-refractivity contribution is 0.636. The molecule has 47 heavy (non-hydrogen) atoms. The van der Waals surface area contributed by atoms with Gasteiger partial charge in [0.2, 0.25) is 0 Å². The lowest BCUT2D eigenvalue weighted by Gasteiger charge is -2.21. The van der Waals surface area contributed by atoms with Gasteiger partial charge in [0.1, 0.15) is 0 Å². The van der Waals surface area contributed by atoms with Crippen molar-refractivity contribution in [3.8, 4) is 39.5 Å². The Morgan fingerprint density at radius 3 is 2.13 bits per heavy atom. The Kier molecular flexibility index (Phi) is 5.50. The molecule has 3 nitrogen and oxygen atoms in total. The van der Waals surface area contributed by atoms with E-state index in [1.165, 1.54) is 53.1 Å². The van der Waals surface area contributed by atoms with Crippen molar-refractivity contribution >= 4 is 53.3 Å². The molecule has 4 heteroatoms. The van der Waals surface area contributed by atoms with Crippen LogP contribution >= 0.6 is 11.3 Å². The predicted molar refractivity (Wildman–Crippen MR) is 198 cm³/mol. The molecule has 0 radical (unpaired) electrons. The van der Waals surface area contributed by atoms with Crippen molar-refractivity contribution in [3.63, 3.8) is 0 Å². The minimum Gasteiger partial charge on any atom is -0.308 e. The molecule has 1 aliphatic carbocycles. The molecule has 0 atom stereocenters. The van der Waals surface area contributed by atoms with Crippen molar-refractivity contribution in [1.82, 2.24) is 14.5 Å². The van der Waals surface area contributed by atoms with E-state index in [1.807, 2.05) is 17.4 Å². The van der Waals surface area contributed by atoms with Crippen LogP contribution in [0.1, 0.15) is 25.1 Å². The number of aromatic nitrogens is 3. The molecule has 0 aliphatic heterocycles. The van der Waals surface area contributed by atoms with E-state index in [0.717, 1.165) is 39.6 Å². The van der Waals surface area contributed by atoms with Gasteiger partial charge in [0, 0.05) is 54.0 Å². The van der Waals surface area contributed by atoms with Crippen LogP contribution in [0.4, 0.5) is 0 Å². The molecule has 0 spiro atoms. The number of rotatable bonds is 3. The molecule has 6 aromatic carbocycles. The normalized spacial score (nSPS) is 13.5. The summed E-state index contributed by atoms with van der Waals surface area (Å²) in [5.41, 5.74) is 11.2. The van der Waals surface area contributed by atoms with Gasteiger partial charge in [-0.2, -0.15) is 0 Å². The van der Waals surface area contributed by atoms with E-state index >= 15 is 0 Å². The minimum atomic E-state index is -0.230. The monoisotopic (exact) mass is 619 g/mol. The molecule has 0 saturated carbocycles. The van der Waals surface area contributed by atoms with Crippen molar-refractivity contribution < 1.29 is 0 Å². The summed E-state index contributed by atoms with van der Waals surface area (Å²) in [5, 5.41) is 5.18. The van der Waals surface area contributed by atoms with Gasteiger partial charge < -0.3 is 4.57 Å². The number of hydrogen-bond donors (Lipinski definition) is 0. The number of para-hydroxylation sites is 1. The Labute approximate surface area is 276 Å². The zero-order valence-electron chi connectivity index (χ0n) is 26.0. The van der Waals surface area contributed by atoms with Gasteiger partial charge in [-0.3, -0.25) is 0 Å². The molecular formula is C43H29N3S. The summed E-state index contributed by atoms with van der Waals surface area (Å²) in [6.07, 6.45) is 0. The molecule has 0 saturated heterocycles. The second kappa shape index (κ2) is 9.71. The lowest BCUT2D eigenvalue weighted by Crippen LogP contribution is -2.17. The summed E-state index contributed by atoms with van der Waals surface area (Å²) in [7, 11) is 0. The van der Waals surface area contributed by atoms with Crippen molar-refractivity contribution in [3.05, 3.63) is 151 Å². The van der Waals surface area contributed by atoms with Crippen LogP contribution in [0.15, 0.2) is 140 Å². The van der Waals surface area contributed by atoms with Crippen molar-refractivity contribution in [2.24, 2.45) is 0 Å². The van der Waals surface area contributed by atoms with Gasteiger partial charge in [-0.15, -0.1) is 11.3 Å². The Hall–Kier alpha value is -5.58. The molecule has 0 N–H and O–H groups in total. The number of benzene rings is 6. The van der Waals surface area contributed by atoms with E-state index in [4.69, 9.17) is 9.97 Å². The molecule has 0 amide bonds. The van der Waals surface area contributed by atoms with Gasteiger partial charge in [0.05, 0.1) is 27.1 Å². The first-order chi connectivity index (χ1) is 23.1. The van der Waals surface area contributed by atoms with Crippen LogP contribution in [-0.4, -0.2) is 14.5 Å². The maximum atomic E-state index is 5.29. The third-order valence-electron chi connectivity index (χ3n) is 9.98. The number of thiophene rings is 1. The standard InChI is InChI=1S/C43H29N3S/c1-43(2)34-17-9-6-16-33(34)37-38(44-42(45-41(37)43)27-12-4-3-5-13-27)26-20-22-28(23-21-26)46-35-18-10-7-14-29(35)31-24-25-32-30-15-8-11-19-36(30)47-40(32)39(31)46/h3-25H,1-2H3. The molecular weight excluding hydrogens is 591 g/mol. The molecule has 222 valence electrons. The Bertz CT molecular complexity index is 2700. The fraction of sp³-hybridized carbons (Fsp3) is 0.0698. The minimum absolute atomic E-state index is 0.230. The summed E-state index contributed by atoms with van der Waals surface area (Å²) < 4.78 is 5.09. The quantitative estimate of drug-likeness (QED) is 0.197. The van der Waals surface area contributed by atoms with E-state index in [0.29, 0.717) is 0 Å². The molecule has 9 aromatic rings. The first kappa shape index (κ1) is 26.6. The van der Waals surface area contributed by atoms with E-state index < -0.39 is 0 Å². The topological polar surface area (TPSA) is 30.7 Å². The smallest absolute Gasteiger partial charge is 0.160 e. The Balaban J connectivity index is 1.21. The fourth-order valence-electron chi connectivity index (χ4n) is 7.73. The van der Waals surface area contributed by atoms with Crippen LogP contribution in [0, 0.1) is 0 Å². The maximum Gasteiger partial charge on any atom is 0.160 e. The fourth-order valence-corrected chi connectivity index (χ4v) is 8.97. The summed E-state index contributed by atoms with van der Waals surface area (Å²) in [5.74, 6) is 0.763. The summed E-state index contributed by atoms with van der Waals surface area (Å²) >= 11 is 1.88. The first-order valence-electron chi connectivity index (χ1n) is 16.1. The van der Waals surface area contributed by atoms with Crippen LogP contribution < -0.4 is 0 Å². The van der Waals surface area contributed by atoms with E-state index in [2.05, 4.69) is 152 Å². The van der Waals surface area contributed by atoms with Crippen molar-refractivity contribution in [2.45, 2.75) is 19.3 Å². The third kappa shape index (κ3) is 3.73. The summed E-state index contributed by atoms with van der Waals surface area (Å²) in [4.78, 5) is 10.5. The predicted octanol–water partition coefficient (Wildman–Crippen LogP) is 11.6. The van der Waals surface area contributed by atoms with Crippen LogP contribution in [0.25, 0.3) is 81.4 Å². The third-order valence-corrected chi connectivity index (χ3v) is 11.2. The highest BCUT2D eigenvalue weighted by atomic mass is 32.1. The molecule has 1 aliphatic rings. The van der Waals surface area contributed by atoms with Gasteiger partial charge in [-0.05, 0) is 35.4 Å². The van der Waals surface area contributed by atoms with Crippen LogP contribution in [0.3, 0.4) is 0 Å². The van der Waals surface area contributed by atoms with E-state index in [1.54, 1.807) is 0 Å². The molecule has 0 unspecified atom stereocenters. The zero-order chi connectivity index (χ0) is 31.3. The highest BCUT2D eigenvalue weighted by Gasteiger charge is 2.39. The number of fused-ring (bicyclic) bond motifs is 10. The molecule has 3 heterocycles. The average molecular weight is 620 g/mol. The van der Waals surface area contributed by atoms with Crippen molar-refractivity contribution in [1.29, 1.82) is 0 Å². The summed E-state index contributed by atoms with van der Waals surface area (Å²) in [6.45, 7) is 4.56. The Morgan fingerprint density at radius 2 is 1.28 bits per heavy atom. The second-order valence-electron chi connectivity index (χ2n) is 13.0. The van der Waals surface area contributed by atoms with Crippen LogP contribution in [-0.2, 0) is 5.41 Å². The molecule has 10 rings (SSSR count). The first-order valence-corrected chi connectivity index (χ1v) is 16.9. The molecule has 3 aromatic heterocycles. The molecule has 0 fully saturated rings. The second-order valence-corrected chi connectivity index (χ2v) is 14.0. The van der Waals surface area contributed by atoms with Gasteiger partial charge in [-0.25, -0.2) is 9.97 Å². The van der Waals surface area contributed by atoms with Crippen molar-refractivity contribution in [2.75, 3.05) is 0 Å². The van der Waals surface area contributed by atoms with Gasteiger partial charge in [0.15, 0.2) is 5.82 Å². The van der Waals surface area contributed by atoms with Gasteiger partial charge in [0.25, 0.3) is 0 Å².